The quantitative estimate of drug-likeness (QED) is 0.524. The third kappa shape index (κ3) is 4.50. The van der Waals surface area contributed by atoms with Crippen LogP contribution < -0.4 is 10.6 Å². The van der Waals surface area contributed by atoms with Gasteiger partial charge in [0.25, 0.3) is 0 Å². The highest BCUT2D eigenvalue weighted by Crippen LogP contribution is 2.65. The summed E-state index contributed by atoms with van der Waals surface area (Å²) in [6.45, 7) is 7.79. The Morgan fingerprint density at radius 2 is 2.08 bits per heavy atom. The maximum Gasteiger partial charge on any atom is 0.482 e. The lowest BCUT2D eigenvalue weighted by atomic mass is 9.43. The Labute approximate surface area is 229 Å². The zero-order valence-corrected chi connectivity index (χ0v) is 22.9. The van der Waals surface area contributed by atoms with Crippen molar-refractivity contribution in [3.8, 4) is 6.07 Å². The van der Waals surface area contributed by atoms with E-state index in [2.05, 4.69) is 31.4 Å². The molecular formula is C29H37BN4O5. The number of para-hydroxylation sites is 1. The Morgan fingerprint density at radius 1 is 1.26 bits per heavy atom. The molecule has 2 N–H and O–H groups in total. The summed E-state index contributed by atoms with van der Waals surface area (Å²) in [5.41, 5.74) is 1.62. The fraction of sp³-hybridized carbons (Fsp3) is 0.621. The van der Waals surface area contributed by atoms with E-state index in [4.69, 9.17) is 19.0 Å². The first-order valence-corrected chi connectivity index (χ1v) is 14.2. The van der Waals surface area contributed by atoms with E-state index in [0.29, 0.717) is 31.3 Å². The van der Waals surface area contributed by atoms with Crippen molar-refractivity contribution >= 4 is 30.0 Å². The predicted molar refractivity (Wildman–Crippen MR) is 145 cm³/mol. The molecule has 5 aliphatic rings. The molecule has 2 aromatic rings. The lowest BCUT2D eigenvalue weighted by Gasteiger charge is -2.64. The van der Waals surface area contributed by atoms with Gasteiger partial charge in [-0.15, -0.1) is 0 Å². The average molecular weight is 532 g/mol. The molecule has 5 fully saturated rings. The van der Waals surface area contributed by atoms with Crippen LogP contribution >= 0.6 is 0 Å². The average Bonchev–Trinajstić information content (AvgIpc) is 3.63. The first kappa shape index (κ1) is 26.2. The number of urea groups is 1. The van der Waals surface area contributed by atoms with Gasteiger partial charge in [-0.3, -0.25) is 4.79 Å². The van der Waals surface area contributed by atoms with Crippen molar-refractivity contribution in [2.24, 2.45) is 17.3 Å². The smallest absolute Gasteiger partial charge is 0.464 e. The topological polar surface area (TPSA) is 117 Å². The van der Waals surface area contributed by atoms with Gasteiger partial charge in [-0.25, -0.2) is 4.79 Å². The van der Waals surface area contributed by atoms with Gasteiger partial charge in [0.15, 0.2) is 0 Å². The number of hydrogen-bond acceptors (Lipinski definition) is 6. The second-order valence-electron chi connectivity index (χ2n) is 12.5. The molecule has 10 heteroatoms. The van der Waals surface area contributed by atoms with E-state index in [0.717, 1.165) is 42.2 Å². The molecule has 2 aliphatic heterocycles. The first-order valence-electron chi connectivity index (χ1n) is 14.2. The summed E-state index contributed by atoms with van der Waals surface area (Å²) in [4.78, 5) is 27.2. The zero-order valence-electron chi connectivity index (χ0n) is 22.9. The van der Waals surface area contributed by atoms with Crippen molar-refractivity contribution in [3.05, 3.63) is 36.1 Å². The molecule has 2 saturated heterocycles. The Bertz CT molecular complexity index is 1310. The minimum atomic E-state index is -0.588. The maximum absolute atomic E-state index is 13.2. The molecule has 3 heterocycles. The monoisotopic (exact) mass is 532 g/mol. The minimum Gasteiger partial charge on any atom is -0.464 e. The number of nitriles is 1. The van der Waals surface area contributed by atoms with Crippen molar-refractivity contribution in [1.82, 2.24) is 15.5 Å². The van der Waals surface area contributed by atoms with E-state index in [1.54, 1.807) is 11.2 Å². The van der Waals surface area contributed by atoms with Crippen LogP contribution in [0.2, 0.25) is 0 Å². The number of nitrogens with zero attached hydrogens (tertiary/aromatic N) is 2. The summed E-state index contributed by atoms with van der Waals surface area (Å²) >= 11 is 0. The number of carbonyl (C=O) groups is 2. The number of amides is 3. The Hall–Kier alpha value is -3.03. The van der Waals surface area contributed by atoms with Crippen LogP contribution in [0.15, 0.2) is 34.9 Å². The molecule has 0 radical (unpaired) electrons. The van der Waals surface area contributed by atoms with E-state index < -0.39 is 13.1 Å². The molecule has 1 aromatic carbocycles. The lowest BCUT2D eigenvalue weighted by Crippen LogP contribution is -2.65. The summed E-state index contributed by atoms with van der Waals surface area (Å²) in [6, 6.07) is 9.36. The van der Waals surface area contributed by atoms with Crippen LogP contribution in [0.5, 0.6) is 0 Å². The highest BCUT2D eigenvalue weighted by molar-refractivity contribution is 6.48. The van der Waals surface area contributed by atoms with Crippen molar-refractivity contribution < 1.29 is 23.3 Å². The largest absolute Gasteiger partial charge is 0.482 e. The number of likely N-dealkylation sites (tertiary alicyclic amines) is 1. The molecule has 39 heavy (non-hydrogen) atoms. The van der Waals surface area contributed by atoms with Crippen LogP contribution in [0.3, 0.4) is 0 Å². The molecule has 3 aliphatic carbocycles. The number of nitrogens with one attached hydrogen (secondary N) is 2. The van der Waals surface area contributed by atoms with Gasteiger partial charge in [0.05, 0.1) is 30.0 Å². The fourth-order valence-corrected chi connectivity index (χ4v) is 7.69. The summed E-state index contributed by atoms with van der Waals surface area (Å²) < 4.78 is 19.1. The minimum absolute atomic E-state index is 0.00549. The van der Waals surface area contributed by atoms with E-state index in [-0.39, 0.29) is 41.5 Å². The van der Waals surface area contributed by atoms with Crippen molar-refractivity contribution in [2.45, 2.75) is 83.0 Å². The van der Waals surface area contributed by atoms with Gasteiger partial charge in [0.2, 0.25) is 5.91 Å². The number of benzene rings is 1. The highest BCUT2D eigenvalue weighted by atomic mass is 16.7. The number of furan rings is 1. The van der Waals surface area contributed by atoms with Gasteiger partial charge in [0.1, 0.15) is 12.0 Å². The zero-order chi connectivity index (χ0) is 27.4. The molecule has 206 valence electrons. The Balaban J connectivity index is 1.17. The molecule has 1 unspecified atom stereocenters. The van der Waals surface area contributed by atoms with Crippen LogP contribution in [0.25, 0.3) is 11.0 Å². The predicted octanol–water partition coefficient (Wildman–Crippen LogP) is 3.82. The SMILES string of the molecule is CC1(C)[C@@H]2CC3OB([C@H](Cc4coc5ccccc45)NC(=O)NC[C@H]4CCCN4C(=O)CC#N)O[C@@]3(C)[C@H]1C2. The number of fused-ring (bicyclic) bond motifs is 1. The third-order valence-electron chi connectivity index (χ3n) is 10.0. The Morgan fingerprint density at radius 3 is 2.87 bits per heavy atom. The van der Waals surface area contributed by atoms with Crippen LogP contribution in [0.1, 0.15) is 58.4 Å². The number of carbonyl (C=O) groups excluding carboxylic acids is 2. The molecule has 7 rings (SSSR count). The molecule has 6 atom stereocenters. The van der Waals surface area contributed by atoms with Gasteiger partial charge in [-0.2, -0.15) is 5.26 Å². The van der Waals surface area contributed by atoms with E-state index in [9.17, 15) is 9.59 Å². The van der Waals surface area contributed by atoms with E-state index in [1.165, 1.54) is 0 Å². The van der Waals surface area contributed by atoms with Gasteiger partial charge in [-0.05, 0) is 67.9 Å². The number of hydrogen-bond donors (Lipinski definition) is 2. The van der Waals surface area contributed by atoms with Crippen LogP contribution in [0.4, 0.5) is 4.79 Å². The highest BCUT2D eigenvalue weighted by Gasteiger charge is 2.68. The molecule has 9 nitrogen and oxygen atoms in total. The summed E-state index contributed by atoms with van der Waals surface area (Å²) in [5.74, 6) is 0.432. The second kappa shape index (κ2) is 9.86. The van der Waals surface area contributed by atoms with Crippen molar-refractivity contribution in [2.75, 3.05) is 13.1 Å². The molecular weight excluding hydrogens is 495 g/mol. The number of rotatable bonds is 7. The van der Waals surface area contributed by atoms with Gasteiger partial charge >= 0.3 is 13.1 Å². The first-order chi connectivity index (χ1) is 18.7. The summed E-state index contributed by atoms with van der Waals surface area (Å²) in [7, 11) is -0.588. The van der Waals surface area contributed by atoms with Gasteiger partial charge in [0, 0.05) is 24.5 Å². The van der Waals surface area contributed by atoms with E-state index >= 15 is 0 Å². The molecule has 2 bridgehead atoms. The normalized spacial score (nSPS) is 31.3. The van der Waals surface area contributed by atoms with Crippen LogP contribution in [-0.4, -0.2) is 60.7 Å². The molecule has 3 amide bonds. The third-order valence-corrected chi connectivity index (χ3v) is 10.0. The van der Waals surface area contributed by atoms with Crippen LogP contribution in [0, 0.1) is 28.6 Å². The van der Waals surface area contributed by atoms with Gasteiger partial charge < -0.3 is 29.3 Å². The second-order valence-corrected chi connectivity index (χ2v) is 12.5. The molecule has 0 spiro atoms. The lowest BCUT2D eigenvalue weighted by molar-refractivity contribution is -0.199. The summed E-state index contributed by atoms with van der Waals surface area (Å²) in [5, 5.41) is 16.0. The molecule has 3 saturated carbocycles. The van der Waals surface area contributed by atoms with Crippen molar-refractivity contribution in [3.63, 3.8) is 0 Å². The standard InChI is InChI=1S/C29H37BN4O5/c1-28(2)19-14-23(28)29(3)24(15-19)38-30(39-29)25(13-18-17-37-22-9-5-4-8-21(18)22)33-27(36)32-16-20-7-6-12-34(20)26(35)10-11-31/h4-5,8-9,17,19-20,23-25H,6-7,10,12-16H2,1-3H3,(H2,32,33,36)/t19-,20+,23-,24?,25-,29-/m0/s1. The van der Waals surface area contributed by atoms with E-state index in [1.807, 2.05) is 30.3 Å². The maximum atomic E-state index is 13.2. The molecule has 1 aromatic heterocycles. The van der Waals surface area contributed by atoms with Crippen molar-refractivity contribution in [1.29, 1.82) is 5.26 Å². The Kier molecular flexibility index (Phi) is 6.63. The van der Waals surface area contributed by atoms with Gasteiger partial charge in [-0.1, -0.05) is 32.0 Å². The van der Waals surface area contributed by atoms with Crippen LogP contribution in [-0.2, 0) is 20.5 Å². The summed E-state index contributed by atoms with van der Waals surface area (Å²) in [6.07, 6.45) is 5.90. The fourth-order valence-electron chi connectivity index (χ4n) is 7.69.